The summed E-state index contributed by atoms with van der Waals surface area (Å²) in [5.41, 5.74) is 6.33. The smallest absolute Gasteiger partial charge is 0.255 e. The van der Waals surface area contributed by atoms with Crippen LogP contribution in [0.1, 0.15) is 54.1 Å². The monoisotopic (exact) mass is 525 g/mol. The summed E-state index contributed by atoms with van der Waals surface area (Å²) in [6.45, 7) is 4.40. The second-order valence-corrected chi connectivity index (χ2v) is 11.1. The zero-order chi connectivity index (χ0) is 26.5. The van der Waals surface area contributed by atoms with Crippen LogP contribution in [-0.2, 0) is 12.8 Å². The van der Waals surface area contributed by atoms with Crippen molar-refractivity contribution in [1.29, 1.82) is 0 Å². The number of rotatable bonds is 3. The molecule has 200 valence electrons. The molecule has 39 heavy (non-hydrogen) atoms. The molecular formula is C31H32FN5O2. The number of nitrogens with one attached hydrogen (secondary N) is 2. The highest BCUT2D eigenvalue weighted by Crippen LogP contribution is 2.36. The molecule has 2 aromatic carbocycles. The molecule has 1 aliphatic carbocycles. The lowest BCUT2D eigenvalue weighted by Gasteiger charge is -2.30. The molecule has 0 radical (unpaired) electrons. The number of ether oxygens (including phenoxy) is 1. The summed E-state index contributed by atoms with van der Waals surface area (Å²) in [5.74, 6) is 0.178. The normalized spacial score (nSPS) is 21.5. The molecule has 1 amide bonds. The van der Waals surface area contributed by atoms with E-state index in [2.05, 4.69) is 32.3 Å². The van der Waals surface area contributed by atoms with Gasteiger partial charge in [0.25, 0.3) is 5.91 Å². The molecule has 2 N–H and O–H groups in total. The summed E-state index contributed by atoms with van der Waals surface area (Å²) in [6.07, 6.45) is 8.35. The number of nitrogens with zero attached hydrogens (tertiary/aromatic N) is 3. The lowest BCUT2D eigenvalue weighted by Crippen LogP contribution is -2.37. The second-order valence-electron chi connectivity index (χ2n) is 11.1. The quantitative estimate of drug-likeness (QED) is 0.356. The van der Waals surface area contributed by atoms with E-state index >= 15 is 4.39 Å². The van der Waals surface area contributed by atoms with Crippen LogP contribution >= 0.6 is 0 Å². The van der Waals surface area contributed by atoms with E-state index in [0.717, 1.165) is 53.5 Å². The number of aryl methyl sites for hydroxylation is 2. The third-order valence-electron chi connectivity index (χ3n) is 8.74. The van der Waals surface area contributed by atoms with Crippen LogP contribution in [0.2, 0.25) is 0 Å². The molecule has 4 heterocycles. The van der Waals surface area contributed by atoms with Gasteiger partial charge >= 0.3 is 0 Å². The van der Waals surface area contributed by atoms with E-state index in [9.17, 15) is 4.79 Å². The number of benzene rings is 2. The molecule has 7 rings (SSSR count). The van der Waals surface area contributed by atoms with Gasteiger partial charge in [0, 0.05) is 40.4 Å². The van der Waals surface area contributed by atoms with E-state index in [0.29, 0.717) is 47.8 Å². The molecule has 2 aromatic heterocycles. The molecule has 3 aliphatic rings. The number of aromatic nitrogens is 3. The van der Waals surface area contributed by atoms with Crippen molar-refractivity contribution in [2.24, 2.45) is 0 Å². The number of carbonyl (C=O) groups is 1. The number of hydrogen-bond donors (Lipinski definition) is 2. The number of amides is 1. The van der Waals surface area contributed by atoms with Crippen molar-refractivity contribution in [3.05, 3.63) is 65.1 Å². The predicted octanol–water partition coefficient (Wildman–Crippen LogP) is 5.28. The maximum Gasteiger partial charge on any atom is 0.255 e. The SMILES string of the molecule is C[C@@H]1CCCN1C1CCc2cc(F)c(-c3cnc4n[nH]c(-c5ccc6c(c5)OCCNC6=O)c4c3)cc2CC1. The van der Waals surface area contributed by atoms with E-state index < -0.39 is 0 Å². The molecule has 8 heteroatoms. The molecule has 1 fully saturated rings. The lowest BCUT2D eigenvalue weighted by molar-refractivity contribution is 0.0957. The van der Waals surface area contributed by atoms with Gasteiger partial charge in [0.2, 0.25) is 0 Å². The minimum atomic E-state index is -0.211. The highest BCUT2D eigenvalue weighted by atomic mass is 19.1. The molecule has 0 spiro atoms. The van der Waals surface area contributed by atoms with Crippen molar-refractivity contribution in [2.45, 2.75) is 57.5 Å². The number of likely N-dealkylation sites (tertiary alicyclic amines) is 1. The third kappa shape index (κ3) is 4.36. The first-order valence-electron chi connectivity index (χ1n) is 14.0. The molecule has 0 saturated carbocycles. The number of fused-ring (bicyclic) bond motifs is 3. The average Bonchev–Trinajstić information content (AvgIpc) is 3.45. The fourth-order valence-corrected chi connectivity index (χ4v) is 6.64. The summed E-state index contributed by atoms with van der Waals surface area (Å²) in [5, 5.41) is 11.1. The zero-order valence-electron chi connectivity index (χ0n) is 22.1. The first-order chi connectivity index (χ1) is 19.0. The van der Waals surface area contributed by atoms with Gasteiger partial charge in [-0.15, -0.1) is 0 Å². The van der Waals surface area contributed by atoms with E-state index in [1.165, 1.54) is 24.9 Å². The number of halogens is 1. The van der Waals surface area contributed by atoms with E-state index in [1.54, 1.807) is 18.3 Å². The Morgan fingerprint density at radius 2 is 1.87 bits per heavy atom. The van der Waals surface area contributed by atoms with Gasteiger partial charge in [-0.1, -0.05) is 6.07 Å². The van der Waals surface area contributed by atoms with Gasteiger partial charge in [-0.3, -0.25) is 14.8 Å². The fraction of sp³-hybridized carbons (Fsp3) is 0.387. The van der Waals surface area contributed by atoms with Crippen molar-refractivity contribution in [1.82, 2.24) is 25.4 Å². The summed E-state index contributed by atoms with van der Waals surface area (Å²) in [4.78, 5) is 19.5. The molecule has 1 saturated heterocycles. The van der Waals surface area contributed by atoms with Crippen LogP contribution in [0.5, 0.6) is 5.75 Å². The van der Waals surface area contributed by atoms with Crippen molar-refractivity contribution in [3.8, 4) is 28.1 Å². The number of hydrogen-bond acceptors (Lipinski definition) is 5. The minimum absolute atomic E-state index is 0.146. The van der Waals surface area contributed by atoms with Crippen LogP contribution in [0.25, 0.3) is 33.4 Å². The Bertz CT molecular complexity index is 1580. The molecule has 7 nitrogen and oxygen atoms in total. The van der Waals surface area contributed by atoms with Crippen LogP contribution in [-0.4, -0.2) is 57.8 Å². The Morgan fingerprint density at radius 3 is 2.69 bits per heavy atom. The lowest BCUT2D eigenvalue weighted by atomic mass is 9.96. The number of aromatic amines is 1. The minimum Gasteiger partial charge on any atom is -0.491 e. The van der Waals surface area contributed by atoms with Gasteiger partial charge < -0.3 is 10.1 Å². The number of H-pyrrole nitrogens is 1. The number of carbonyl (C=O) groups excluding carboxylic acids is 1. The molecule has 2 atom stereocenters. The first-order valence-corrected chi connectivity index (χ1v) is 14.0. The molecule has 4 aromatic rings. The van der Waals surface area contributed by atoms with Gasteiger partial charge in [0.15, 0.2) is 5.65 Å². The predicted molar refractivity (Wildman–Crippen MR) is 148 cm³/mol. The Hall–Kier alpha value is -3.78. The van der Waals surface area contributed by atoms with Crippen LogP contribution in [0.4, 0.5) is 4.39 Å². The van der Waals surface area contributed by atoms with Crippen LogP contribution in [0, 0.1) is 5.82 Å². The summed E-state index contributed by atoms with van der Waals surface area (Å²) in [6, 6.07) is 12.4. The Labute approximate surface area is 226 Å². The summed E-state index contributed by atoms with van der Waals surface area (Å²) < 4.78 is 21.4. The highest BCUT2D eigenvalue weighted by Gasteiger charge is 2.29. The summed E-state index contributed by atoms with van der Waals surface area (Å²) >= 11 is 0. The van der Waals surface area contributed by atoms with Crippen molar-refractivity contribution in [2.75, 3.05) is 19.7 Å². The maximum absolute atomic E-state index is 15.6. The Kier molecular flexibility index (Phi) is 6.07. The standard InChI is InChI=1S/C31H32FN5O2/c1-18-3-2-11-37(18)23-7-4-19-13-25(27(32)15-20(19)5-8-23)22-14-26-29(35-36-30(26)34-17-22)21-6-9-24-28(16-21)39-12-10-33-31(24)38/h6,9,13-18,23H,2-5,7-8,10-12H2,1H3,(H,33,38)(H,34,35,36)/t18-,23?/m1/s1. The highest BCUT2D eigenvalue weighted by molar-refractivity contribution is 5.99. The van der Waals surface area contributed by atoms with Crippen molar-refractivity contribution < 1.29 is 13.9 Å². The van der Waals surface area contributed by atoms with Gasteiger partial charge in [0.1, 0.15) is 18.2 Å². The topological polar surface area (TPSA) is 83.1 Å². The average molecular weight is 526 g/mol. The third-order valence-corrected chi connectivity index (χ3v) is 8.74. The Morgan fingerprint density at radius 1 is 1.03 bits per heavy atom. The van der Waals surface area contributed by atoms with Crippen LogP contribution in [0.15, 0.2) is 42.6 Å². The van der Waals surface area contributed by atoms with Gasteiger partial charge in [-0.25, -0.2) is 9.37 Å². The molecule has 2 aliphatic heterocycles. The Balaban J connectivity index is 1.22. The molecule has 0 bridgehead atoms. The van der Waals surface area contributed by atoms with Crippen molar-refractivity contribution in [3.63, 3.8) is 0 Å². The van der Waals surface area contributed by atoms with Crippen LogP contribution < -0.4 is 10.1 Å². The van der Waals surface area contributed by atoms with E-state index in [-0.39, 0.29) is 11.7 Å². The van der Waals surface area contributed by atoms with Gasteiger partial charge in [0.05, 0.1) is 17.8 Å². The van der Waals surface area contributed by atoms with Gasteiger partial charge in [-0.2, -0.15) is 5.10 Å². The van der Waals surface area contributed by atoms with Crippen molar-refractivity contribution >= 4 is 16.9 Å². The first kappa shape index (κ1) is 24.3. The molecule has 1 unspecified atom stereocenters. The summed E-state index contributed by atoms with van der Waals surface area (Å²) in [7, 11) is 0. The zero-order valence-corrected chi connectivity index (χ0v) is 22.1. The molecular weight excluding hydrogens is 493 g/mol. The maximum atomic E-state index is 15.6. The van der Waals surface area contributed by atoms with E-state index in [4.69, 9.17) is 4.74 Å². The largest absolute Gasteiger partial charge is 0.491 e. The second kappa shape index (κ2) is 9.75. The number of pyridine rings is 1. The van der Waals surface area contributed by atoms with E-state index in [1.807, 2.05) is 24.3 Å². The van der Waals surface area contributed by atoms with Crippen LogP contribution in [0.3, 0.4) is 0 Å². The van der Waals surface area contributed by atoms with Gasteiger partial charge in [-0.05, 0) is 93.5 Å². The fourth-order valence-electron chi connectivity index (χ4n) is 6.64.